The van der Waals surface area contributed by atoms with Crippen LogP contribution in [0.25, 0.3) is 0 Å². The van der Waals surface area contributed by atoms with Crippen LogP contribution in [0.2, 0.25) is 5.02 Å². The van der Waals surface area contributed by atoms with Gasteiger partial charge in [0, 0.05) is 56.7 Å². The fraction of sp³-hybridized carbons (Fsp3) is 0.500. The van der Waals surface area contributed by atoms with Crippen LogP contribution in [0.1, 0.15) is 29.8 Å². The molecule has 10 heteroatoms. The van der Waals surface area contributed by atoms with E-state index in [2.05, 4.69) is 15.3 Å². The van der Waals surface area contributed by atoms with Gasteiger partial charge in [0.05, 0.1) is 5.56 Å². The van der Waals surface area contributed by atoms with Crippen molar-refractivity contribution in [2.45, 2.75) is 25.8 Å². The molecule has 30 heavy (non-hydrogen) atoms. The first-order valence-electron chi connectivity index (χ1n) is 9.92. The molecule has 2 heterocycles. The number of nitrogens with one attached hydrogen (secondary N) is 1. The van der Waals surface area contributed by atoms with Crippen molar-refractivity contribution in [3.05, 3.63) is 40.5 Å². The highest BCUT2D eigenvalue weighted by Crippen LogP contribution is 2.27. The maximum atomic E-state index is 13.3. The van der Waals surface area contributed by atoms with Crippen LogP contribution in [0.4, 0.5) is 5.69 Å². The van der Waals surface area contributed by atoms with E-state index in [1.54, 1.807) is 7.05 Å². The second-order valence-electron chi connectivity index (χ2n) is 7.95. The molecule has 1 amide bonds. The summed E-state index contributed by atoms with van der Waals surface area (Å²) < 4.78 is 29.3. The van der Waals surface area contributed by atoms with Gasteiger partial charge in [-0.05, 0) is 30.5 Å². The Hall–Kier alpha value is -2.10. The predicted octanol–water partition coefficient (Wildman–Crippen LogP) is 2.28. The van der Waals surface area contributed by atoms with Crippen LogP contribution in [-0.2, 0) is 17.1 Å². The molecule has 0 saturated carbocycles. The Kier molecular flexibility index (Phi) is 6.74. The Morgan fingerprint density at radius 2 is 1.90 bits per heavy atom. The molecular formula is C20H28ClN5O3S. The number of carbonyl (C=O) groups excluding carboxylic acids is 1. The number of amides is 1. The number of aryl methyl sites for hydroxylation is 2. The summed E-state index contributed by atoms with van der Waals surface area (Å²) in [5.41, 5.74) is 2.17. The van der Waals surface area contributed by atoms with Crippen LogP contribution < -0.4 is 10.2 Å². The molecule has 1 saturated heterocycles. The van der Waals surface area contributed by atoms with Gasteiger partial charge in [-0.2, -0.15) is 9.40 Å². The Morgan fingerprint density at radius 3 is 2.53 bits per heavy atom. The molecule has 1 aromatic carbocycles. The van der Waals surface area contributed by atoms with Crippen LogP contribution >= 0.6 is 11.6 Å². The van der Waals surface area contributed by atoms with Crippen molar-refractivity contribution in [1.82, 2.24) is 19.4 Å². The van der Waals surface area contributed by atoms with Crippen LogP contribution in [0.3, 0.4) is 0 Å². The van der Waals surface area contributed by atoms with Crippen molar-refractivity contribution in [2.75, 3.05) is 37.6 Å². The first kappa shape index (κ1) is 22.6. The van der Waals surface area contributed by atoms with Crippen molar-refractivity contribution < 1.29 is 13.2 Å². The van der Waals surface area contributed by atoms with Gasteiger partial charge in [0.15, 0.2) is 0 Å². The molecule has 1 aliphatic heterocycles. The summed E-state index contributed by atoms with van der Waals surface area (Å²) in [5.74, 6) is -0.169. The maximum absolute atomic E-state index is 13.3. The van der Waals surface area contributed by atoms with Gasteiger partial charge in [0.2, 0.25) is 5.03 Å². The van der Waals surface area contributed by atoms with Crippen molar-refractivity contribution in [1.29, 1.82) is 0 Å². The maximum Gasteiger partial charge on any atom is 0.263 e. The molecular weight excluding hydrogens is 426 g/mol. The lowest BCUT2D eigenvalue weighted by Crippen LogP contribution is -2.49. The number of halogens is 1. The first-order valence-corrected chi connectivity index (χ1v) is 11.7. The molecule has 0 radical (unpaired) electrons. The van der Waals surface area contributed by atoms with E-state index >= 15 is 0 Å². The Bertz CT molecular complexity index is 1030. The summed E-state index contributed by atoms with van der Waals surface area (Å²) in [7, 11) is -2.28. The summed E-state index contributed by atoms with van der Waals surface area (Å²) in [4.78, 5) is 14.7. The third kappa shape index (κ3) is 4.79. The number of sulfonamides is 1. The average Bonchev–Trinajstić information content (AvgIpc) is 3.11. The van der Waals surface area contributed by atoms with E-state index in [-0.39, 0.29) is 16.5 Å². The number of piperazine rings is 1. The van der Waals surface area contributed by atoms with E-state index < -0.39 is 15.9 Å². The molecule has 164 valence electrons. The second-order valence-corrected chi connectivity index (χ2v) is 10.2. The van der Waals surface area contributed by atoms with Gasteiger partial charge >= 0.3 is 0 Å². The fourth-order valence-corrected chi connectivity index (χ4v) is 5.13. The Labute approximate surface area is 182 Å². The van der Waals surface area contributed by atoms with Gasteiger partial charge < -0.3 is 10.2 Å². The number of anilines is 1. The standard InChI is InChI=1S/C20H28ClN5O3S/c1-14(2)12-22-19(27)17-13-24(4)23-20(17)30(28,29)26-9-7-25(8-10-26)18-11-16(21)6-5-15(18)3/h5-6,11,13-14H,7-10,12H2,1-4H3,(H,22,27). The van der Waals surface area contributed by atoms with E-state index in [1.807, 2.05) is 39.0 Å². The van der Waals surface area contributed by atoms with E-state index in [9.17, 15) is 13.2 Å². The third-order valence-corrected chi connectivity index (χ3v) is 7.12. The molecule has 0 atom stereocenters. The highest BCUT2D eigenvalue weighted by molar-refractivity contribution is 7.89. The largest absolute Gasteiger partial charge is 0.369 e. The number of benzene rings is 1. The number of nitrogens with zero attached hydrogens (tertiary/aromatic N) is 4. The number of hydrogen-bond acceptors (Lipinski definition) is 5. The molecule has 3 rings (SSSR count). The minimum atomic E-state index is -3.89. The summed E-state index contributed by atoms with van der Waals surface area (Å²) in [5, 5.41) is 7.33. The zero-order valence-electron chi connectivity index (χ0n) is 17.7. The van der Waals surface area contributed by atoms with Crippen molar-refractivity contribution in [3.8, 4) is 0 Å². The van der Waals surface area contributed by atoms with Crippen molar-refractivity contribution in [2.24, 2.45) is 13.0 Å². The fourth-order valence-electron chi connectivity index (χ4n) is 3.42. The van der Waals surface area contributed by atoms with E-state index in [1.165, 1.54) is 15.2 Å². The molecule has 1 fully saturated rings. The lowest BCUT2D eigenvalue weighted by atomic mass is 10.1. The predicted molar refractivity (Wildman–Crippen MR) is 118 cm³/mol. The van der Waals surface area contributed by atoms with Crippen molar-refractivity contribution >= 4 is 33.2 Å². The van der Waals surface area contributed by atoms with Crippen molar-refractivity contribution in [3.63, 3.8) is 0 Å². The minimum Gasteiger partial charge on any atom is -0.369 e. The Balaban J connectivity index is 1.78. The molecule has 2 aromatic rings. The molecule has 0 bridgehead atoms. The molecule has 1 aliphatic rings. The highest BCUT2D eigenvalue weighted by Gasteiger charge is 2.34. The van der Waals surface area contributed by atoms with E-state index in [0.29, 0.717) is 37.7 Å². The zero-order chi connectivity index (χ0) is 22.1. The molecule has 1 aromatic heterocycles. The lowest BCUT2D eigenvalue weighted by Gasteiger charge is -2.35. The number of hydrogen-bond donors (Lipinski definition) is 1. The van der Waals surface area contributed by atoms with E-state index in [4.69, 9.17) is 11.6 Å². The van der Waals surface area contributed by atoms with Gasteiger partial charge in [0.1, 0.15) is 0 Å². The third-order valence-electron chi connectivity index (χ3n) is 5.05. The lowest BCUT2D eigenvalue weighted by molar-refractivity contribution is 0.0945. The summed E-state index contributed by atoms with van der Waals surface area (Å²) >= 11 is 6.13. The molecule has 0 aliphatic carbocycles. The van der Waals surface area contributed by atoms with Gasteiger partial charge in [-0.25, -0.2) is 8.42 Å². The van der Waals surface area contributed by atoms with Crippen LogP contribution in [0.5, 0.6) is 0 Å². The van der Waals surface area contributed by atoms with Gasteiger partial charge in [-0.3, -0.25) is 9.48 Å². The topological polar surface area (TPSA) is 87.5 Å². The van der Waals surface area contributed by atoms with E-state index in [0.717, 1.165) is 11.3 Å². The monoisotopic (exact) mass is 453 g/mol. The van der Waals surface area contributed by atoms with Crippen LogP contribution in [-0.4, -0.2) is 61.1 Å². The number of carbonyl (C=O) groups is 1. The zero-order valence-corrected chi connectivity index (χ0v) is 19.3. The number of rotatable bonds is 6. The molecule has 1 N–H and O–H groups in total. The molecule has 0 spiro atoms. The smallest absolute Gasteiger partial charge is 0.263 e. The highest BCUT2D eigenvalue weighted by atomic mass is 35.5. The SMILES string of the molecule is Cc1ccc(Cl)cc1N1CCN(S(=O)(=O)c2nn(C)cc2C(=O)NCC(C)C)CC1. The summed E-state index contributed by atoms with van der Waals surface area (Å²) in [6, 6.07) is 5.70. The summed E-state index contributed by atoms with van der Waals surface area (Å²) in [6.07, 6.45) is 1.45. The first-order chi connectivity index (χ1) is 14.1. The number of aromatic nitrogens is 2. The van der Waals surface area contributed by atoms with Crippen LogP contribution in [0, 0.1) is 12.8 Å². The minimum absolute atomic E-state index is 0.0752. The summed E-state index contributed by atoms with van der Waals surface area (Å²) in [6.45, 7) is 8.08. The normalized spacial score (nSPS) is 15.6. The molecule has 0 unspecified atom stereocenters. The quantitative estimate of drug-likeness (QED) is 0.725. The van der Waals surface area contributed by atoms with Crippen LogP contribution in [0.15, 0.2) is 29.4 Å². The Morgan fingerprint density at radius 1 is 1.23 bits per heavy atom. The van der Waals surface area contributed by atoms with Gasteiger partial charge in [0.25, 0.3) is 15.9 Å². The molecule has 8 nitrogen and oxygen atoms in total. The van der Waals surface area contributed by atoms with Gasteiger partial charge in [-0.15, -0.1) is 0 Å². The average molecular weight is 454 g/mol. The van der Waals surface area contributed by atoms with Gasteiger partial charge in [-0.1, -0.05) is 31.5 Å². The second kappa shape index (κ2) is 8.95.